The van der Waals surface area contributed by atoms with Crippen molar-refractivity contribution in [2.75, 3.05) is 13.2 Å². The quantitative estimate of drug-likeness (QED) is 0.0321. The van der Waals surface area contributed by atoms with Crippen molar-refractivity contribution in [1.29, 1.82) is 0 Å². The van der Waals surface area contributed by atoms with E-state index >= 15 is 0 Å². The maximum Gasteiger partial charge on any atom is 0.305 e. The third-order valence-corrected chi connectivity index (χ3v) is 12.6. The van der Waals surface area contributed by atoms with E-state index in [0.29, 0.717) is 19.4 Å². The molecule has 0 aromatic heterocycles. The van der Waals surface area contributed by atoms with Gasteiger partial charge < -0.3 is 20.3 Å². The lowest BCUT2D eigenvalue weighted by Crippen LogP contribution is -2.45. The largest absolute Gasteiger partial charge is 0.466 e. The Bertz CT molecular complexity index is 1020. The van der Waals surface area contributed by atoms with Gasteiger partial charge in [0.25, 0.3) is 0 Å². The van der Waals surface area contributed by atoms with Crippen molar-refractivity contribution < 1.29 is 24.5 Å². The fourth-order valence-electron chi connectivity index (χ4n) is 8.31. The second kappa shape index (κ2) is 52.7. The summed E-state index contributed by atoms with van der Waals surface area (Å²) in [6, 6.07) is -0.630. The van der Waals surface area contributed by atoms with Gasteiger partial charge in [0, 0.05) is 12.8 Å². The van der Waals surface area contributed by atoms with Crippen LogP contribution in [0, 0.1) is 0 Å². The number of nitrogens with one attached hydrogen (secondary N) is 1. The molecular weight excluding hydrogens is 779 g/mol. The molecule has 0 aromatic rings. The van der Waals surface area contributed by atoms with Gasteiger partial charge in [-0.05, 0) is 77.0 Å². The van der Waals surface area contributed by atoms with Crippen LogP contribution in [-0.2, 0) is 14.3 Å². The molecule has 0 heterocycles. The third-order valence-electron chi connectivity index (χ3n) is 12.6. The average Bonchev–Trinajstić information content (AvgIpc) is 3.28. The van der Waals surface area contributed by atoms with Gasteiger partial charge >= 0.3 is 5.97 Å². The summed E-state index contributed by atoms with van der Waals surface area (Å²) >= 11 is 0. The molecule has 63 heavy (non-hydrogen) atoms. The Kier molecular flexibility index (Phi) is 51.1. The Hall–Kier alpha value is -1.92. The molecule has 0 rings (SSSR count). The minimum absolute atomic E-state index is 0.000328. The number of aliphatic hydroxyl groups excluding tert-OH is 2. The van der Waals surface area contributed by atoms with Crippen molar-refractivity contribution in [2.45, 2.75) is 302 Å². The summed E-state index contributed by atoms with van der Waals surface area (Å²) in [5.74, 6) is -0.0738. The summed E-state index contributed by atoms with van der Waals surface area (Å²) in [4.78, 5) is 24.4. The predicted octanol–water partition coefficient (Wildman–Crippen LogP) is 16.9. The highest BCUT2D eigenvalue weighted by Gasteiger charge is 2.18. The molecule has 370 valence electrons. The van der Waals surface area contributed by atoms with E-state index in [1.807, 2.05) is 6.08 Å². The molecule has 0 aromatic carbocycles. The SMILES string of the molecule is CCCC/C=C\CCCCCCCC(=O)OCCCCCCCCCCCCCC/C=C\CCCCCCCCCCC(=O)NC(CO)C(O)/C=C/CCCCCCCCCCC. The van der Waals surface area contributed by atoms with Crippen molar-refractivity contribution in [1.82, 2.24) is 5.32 Å². The molecule has 0 bridgehead atoms. The van der Waals surface area contributed by atoms with Gasteiger partial charge in [-0.2, -0.15) is 0 Å². The van der Waals surface area contributed by atoms with Crippen LogP contribution in [0.5, 0.6) is 0 Å². The van der Waals surface area contributed by atoms with Gasteiger partial charge in [0.15, 0.2) is 0 Å². The van der Waals surface area contributed by atoms with E-state index < -0.39 is 12.1 Å². The normalized spacial score (nSPS) is 12.9. The first-order valence-electron chi connectivity index (χ1n) is 27.8. The van der Waals surface area contributed by atoms with Crippen LogP contribution in [0.2, 0.25) is 0 Å². The molecule has 0 saturated heterocycles. The van der Waals surface area contributed by atoms with Crippen LogP contribution in [0.4, 0.5) is 0 Å². The number of hydrogen-bond donors (Lipinski definition) is 3. The molecule has 2 unspecified atom stereocenters. The zero-order valence-electron chi connectivity index (χ0n) is 42.1. The van der Waals surface area contributed by atoms with Crippen LogP contribution >= 0.6 is 0 Å². The summed E-state index contributed by atoms with van der Waals surface area (Å²) in [5.41, 5.74) is 0. The lowest BCUT2D eigenvalue weighted by Gasteiger charge is -2.20. The van der Waals surface area contributed by atoms with E-state index in [1.54, 1.807) is 6.08 Å². The highest BCUT2D eigenvalue weighted by molar-refractivity contribution is 5.76. The van der Waals surface area contributed by atoms with Gasteiger partial charge in [-0.25, -0.2) is 0 Å². The molecule has 0 fully saturated rings. The zero-order chi connectivity index (χ0) is 45.8. The lowest BCUT2D eigenvalue weighted by atomic mass is 10.0. The van der Waals surface area contributed by atoms with Gasteiger partial charge in [0.1, 0.15) is 0 Å². The third kappa shape index (κ3) is 49.4. The van der Waals surface area contributed by atoms with Crippen LogP contribution < -0.4 is 5.32 Å². The second-order valence-corrected chi connectivity index (χ2v) is 18.9. The number of ether oxygens (including phenoxy) is 1. The van der Waals surface area contributed by atoms with Crippen molar-refractivity contribution >= 4 is 11.9 Å². The Morgan fingerprint density at radius 1 is 0.429 bits per heavy atom. The minimum Gasteiger partial charge on any atom is -0.466 e. The van der Waals surface area contributed by atoms with Crippen LogP contribution in [0.15, 0.2) is 36.5 Å². The number of allylic oxidation sites excluding steroid dienone is 5. The second-order valence-electron chi connectivity index (χ2n) is 18.9. The first-order valence-corrected chi connectivity index (χ1v) is 27.8. The van der Waals surface area contributed by atoms with Crippen LogP contribution in [-0.4, -0.2) is 47.4 Å². The van der Waals surface area contributed by atoms with Gasteiger partial charge in [-0.15, -0.1) is 0 Å². The van der Waals surface area contributed by atoms with E-state index in [-0.39, 0.29) is 18.5 Å². The fourth-order valence-corrected chi connectivity index (χ4v) is 8.31. The molecule has 0 aliphatic carbocycles. The topological polar surface area (TPSA) is 95.9 Å². The Morgan fingerprint density at radius 3 is 1.17 bits per heavy atom. The number of carbonyl (C=O) groups excluding carboxylic acids is 2. The van der Waals surface area contributed by atoms with E-state index in [1.165, 1.54) is 218 Å². The Balaban J connectivity index is 3.42. The minimum atomic E-state index is -0.845. The van der Waals surface area contributed by atoms with E-state index in [4.69, 9.17) is 4.74 Å². The van der Waals surface area contributed by atoms with E-state index in [9.17, 15) is 19.8 Å². The van der Waals surface area contributed by atoms with Gasteiger partial charge in [-0.3, -0.25) is 9.59 Å². The smallest absolute Gasteiger partial charge is 0.305 e. The number of esters is 1. The molecule has 0 spiro atoms. The van der Waals surface area contributed by atoms with E-state index in [0.717, 1.165) is 44.9 Å². The molecule has 3 N–H and O–H groups in total. The molecule has 6 nitrogen and oxygen atoms in total. The molecule has 6 heteroatoms. The monoisotopic (exact) mass is 886 g/mol. The number of amides is 1. The van der Waals surface area contributed by atoms with Gasteiger partial charge in [0.2, 0.25) is 5.91 Å². The average molecular weight is 886 g/mol. The summed E-state index contributed by atoms with van der Waals surface area (Å²) in [5, 5.41) is 23.0. The van der Waals surface area contributed by atoms with Crippen LogP contribution in [0.1, 0.15) is 290 Å². The van der Waals surface area contributed by atoms with Gasteiger partial charge in [0.05, 0.1) is 25.4 Å². The molecular formula is C57H107NO5. The summed E-state index contributed by atoms with van der Waals surface area (Å²) in [6.45, 7) is 4.85. The molecule has 2 atom stereocenters. The van der Waals surface area contributed by atoms with Crippen molar-refractivity contribution in [2.24, 2.45) is 0 Å². The maximum absolute atomic E-state index is 12.4. The maximum atomic E-state index is 12.4. The summed E-state index contributed by atoms with van der Waals surface area (Å²) < 4.78 is 5.45. The number of hydrogen-bond acceptors (Lipinski definition) is 5. The molecule has 0 aliphatic rings. The number of rotatable bonds is 51. The fraction of sp³-hybridized carbons (Fsp3) is 0.860. The lowest BCUT2D eigenvalue weighted by molar-refractivity contribution is -0.143. The van der Waals surface area contributed by atoms with Crippen LogP contribution in [0.3, 0.4) is 0 Å². The number of unbranched alkanes of at least 4 members (excludes halogenated alkanes) is 36. The van der Waals surface area contributed by atoms with Crippen LogP contribution in [0.25, 0.3) is 0 Å². The Labute approximate surface area is 392 Å². The summed E-state index contributed by atoms with van der Waals surface area (Å²) in [7, 11) is 0. The number of aliphatic hydroxyl groups is 2. The highest BCUT2D eigenvalue weighted by atomic mass is 16.5. The zero-order valence-corrected chi connectivity index (χ0v) is 42.1. The first-order chi connectivity index (χ1) is 31.0. The Morgan fingerprint density at radius 2 is 0.762 bits per heavy atom. The van der Waals surface area contributed by atoms with Crippen molar-refractivity contribution in [3.8, 4) is 0 Å². The molecule has 0 aliphatic heterocycles. The van der Waals surface area contributed by atoms with E-state index in [2.05, 4.69) is 43.5 Å². The van der Waals surface area contributed by atoms with Gasteiger partial charge in [-0.1, -0.05) is 237 Å². The predicted molar refractivity (Wildman–Crippen MR) is 273 cm³/mol. The van der Waals surface area contributed by atoms with Crippen molar-refractivity contribution in [3.05, 3.63) is 36.5 Å². The first kappa shape index (κ1) is 61.1. The summed E-state index contributed by atoms with van der Waals surface area (Å²) in [6.07, 6.45) is 64.5. The number of carbonyl (C=O) groups is 2. The molecule has 0 saturated carbocycles. The standard InChI is InChI=1S/C57H107NO5/c1-3-5-7-9-11-13-29-33-37-41-45-49-55(60)54(53-59)58-56(61)50-46-42-38-34-31-27-25-23-21-19-17-15-16-18-20-22-24-26-28-32-36-40-44-48-52-63-57(62)51-47-43-39-35-30-14-12-10-8-6-4-2/h10,12,17,19,45,49,54-55,59-60H,3-9,11,13-16,18,20-44,46-48,50-53H2,1-2H3,(H,58,61)/b12-10-,19-17-,49-45+. The van der Waals surface area contributed by atoms with Crippen molar-refractivity contribution in [3.63, 3.8) is 0 Å². The molecule has 1 amide bonds. The highest BCUT2D eigenvalue weighted by Crippen LogP contribution is 2.16. The molecule has 0 radical (unpaired) electrons.